The van der Waals surface area contributed by atoms with Crippen molar-refractivity contribution in [3.63, 3.8) is 0 Å². The van der Waals surface area contributed by atoms with Gasteiger partial charge in [0.2, 0.25) is 5.91 Å². The number of halogens is 2. The summed E-state index contributed by atoms with van der Waals surface area (Å²) in [7, 11) is -5.05. The molecule has 1 rings (SSSR count). The van der Waals surface area contributed by atoms with E-state index in [1.54, 1.807) is 0 Å². The van der Waals surface area contributed by atoms with Gasteiger partial charge in [0.15, 0.2) is 0 Å². The number of hydrogen-bond donors (Lipinski definition) is 1. The zero-order valence-corrected chi connectivity index (χ0v) is 10.2. The van der Waals surface area contributed by atoms with E-state index in [1.807, 2.05) is 0 Å². The molecule has 1 aromatic carbocycles. The summed E-state index contributed by atoms with van der Waals surface area (Å²) in [5.74, 6) is -0.532. The average molecular weight is 312 g/mol. The molecule has 1 N–H and O–H groups in total. The second-order valence-electron chi connectivity index (χ2n) is 2.69. The highest BCUT2D eigenvalue weighted by Gasteiger charge is 2.10. The van der Waals surface area contributed by atoms with Crippen molar-refractivity contribution in [2.75, 3.05) is 10.6 Å². The van der Waals surface area contributed by atoms with Crippen molar-refractivity contribution >= 4 is 38.0 Å². The van der Waals surface area contributed by atoms with Crippen molar-refractivity contribution in [1.82, 2.24) is 0 Å². The van der Waals surface area contributed by atoms with Crippen molar-refractivity contribution in [1.29, 1.82) is 0 Å². The maximum atomic E-state index is 12.2. The molecule has 0 radical (unpaired) electrons. The van der Waals surface area contributed by atoms with E-state index in [4.69, 9.17) is 0 Å². The molecule has 0 saturated heterocycles. The second-order valence-corrected chi connectivity index (χ2v) is 4.20. The molecule has 0 aliphatic carbocycles. The number of anilines is 1. The SMILES string of the molecule is O=C(CBr)Nc1cccc(OS(=O)(=O)F)c1. The third-order valence-electron chi connectivity index (χ3n) is 1.43. The minimum atomic E-state index is -5.05. The minimum Gasteiger partial charge on any atom is -0.358 e. The molecule has 8 heteroatoms. The van der Waals surface area contributed by atoms with Crippen molar-refractivity contribution < 1.29 is 21.3 Å². The van der Waals surface area contributed by atoms with Gasteiger partial charge >= 0.3 is 10.5 Å². The number of rotatable bonds is 4. The Balaban J connectivity index is 2.83. The topological polar surface area (TPSA) is 72.5 Å². The van der Waals surface area contributed by atoms with Crippen LogP contribution in [0.25, 0.3) is 0 Å². The lowest BCUT2D eigenvalue weighted by molar-refractivity contribution is -0.113. The molecule has 0 aliphatic rings. The zero-order chi connectivity index (χ0) is 12.2. The number of carbonyl (C=O) groups is 1. The fourth-order valence-corrected chi connectivity index (χ4v) is 1.41. The molecule has 0 aliphatic heterocycles. The fourth-order valence-electron chi connectivity index (χ4n) is 0.935. The fraction of sp³-hybridized carbons (Fsp3) is 0.125. The standard InChI is InChI=1S/C8H7BrFNO4S/c9-5-8(12)11-6-2-1-3-7(4-6)15-16(10,13)14/h1-4H,5H2,(H,11,12). The number of nitrogens with one attached hydrogen (secondary N) is 1. The van der Waals surface area contributed by atoms with Crippen molar-refractivity contribution in [3.8, 4) is 5.75 Å². The van der Waals surface area contributed by atoms with Crippen LogP contribution in [-0.4, -0.2) is 19.7 Å². The smallest absolute Gasteiger partial charge is 0.358 e. The Morgan fingerprint density at radius 2 is 2.19 bits per heavy atom. The second kappa shape index (κ2) is 5.26. The van der Waals surface area contributed by atoms with Gasteiger partial charge in [-0.05, 0) is 12.1 Å². The lowest BCUT2D eigenvalue weighted by Crippen LogP contribution is -2.12. The molecule has 0 fully saturated rings. The van der Waals surface area contributed by atoms with Crippen molar-refractivity contribution in [3.05, 3.63) is 24.3 Å². The molecule has 0 saturated carbocycles. The third kappa shape index (κ3) is 4.58. The molecule has 1 amide bonds. The summed E-state index contributed by atoms with van der Waals surface area (Å²) in [6.07, 6.45) is 0. The summed E-state index contributed by atoms with van der Waals surface area (Å²) in [6.45, 7) is 0. The van der Waals surface area contributed by atoms with Crippen LogP contribution in [0.1, 0.15) is 0 Å². The first-order valence-corrected chi connectivity index (χ1v) is 6.43. The van der Waals surface area contributed by atoms with E-state index in [0.717, 1.165) is 0 Å². The van der Waals surface area contributed by atoms with E-state index < -0.39 is 10.5 Å². The maximum Gasteiger partial charge on any atom is 0.488 e. The summed E-state index contributed by atoms with van der Waals surface area (Å²) in [6, 6.07) is 5.38. The van der Waals surface area contributed by atoms with Crippen LogP contribution in [0.4, 0.5) is 9.57 Å². The van der Waals surface area contributed by atoms with Crippen LogP contribution in [0.2, 0.25) is 0 Å². The quantitative estimate of drug-likeness (QED) is 0.677. The van der Waals surface area contributed by atoms with Crippen molar-refractivity contribution in [2.24, 2.45) is 0 Å². The molecule has 88 valence electrons. The van der Waals surface area contributed by atoms with Crippen LogP contribution >= 0.6 is 15.9 Å². The summed E-state index contributed by atoms with van der Waals surface area (Å²) in [5.41, 5.74) is 0.311. The van der Waals surface area contributed by atoms with Gasteiger partial charge in [0.1, 0.15) is 5.75 Å². The molecule has 0 unspecified atom stereocenters. The van der Waals surface area contributed by atoms with E-state index in [2.05, 4.69) is 25.4 Å². The van der Waals surface area contributed by atoms with Gasteiger partial charge in [-0.2, -0.15) is 8.42 Å². The molecule has 0 bridgehead atoms. The van der Waals surface area contributed by atoms with E-state index in [9.17, 15) is 17.1 Å². The normalized spacial score (nSPS) is 10.9. The monoisotopic (exact) mass is 311 g/mol. The molecule has 5 nitrogen and oxygen atoms in total. The van der Waals surface area contributed by atoms with Crippen LogP contribution in [-0.2, 0) is 15.3 Å². The predicted molar refractivity (Wildman–Crippen MR) is 59.5 cm³/mol. The number of benzene rings is 1. The van der Waals surface area contributed by atoms with Gasteiger partial charge in [-0.15, -0.1) is 0 Å². The lowest BCUT2D eigenvalue weighted by atomic mass is 10.3. The van der Waals surface area contributed by atoms with Crippen LogP contribution in [0.5, 0.6) is 5.75 Å². The first-order valence-electron chi connectivity index (χ1n) is 4.00. The largest absolute Gasteiger partial charge is 0.488 e. The van der Waals surface area contributed by atoms with Gasteiger partial charge in [-0.3, -0.25) is 4.79 Å². The minimum absolute atomic E-state index is 0.0967. The van der Waals surface area contributed by atoms with Gasteiger partial charge in [0.05, 0.1) is 5.33 Å². The van der Waals surface area contributed by atoms with Gasteiger partial charge in [0.25, 0.3) is 0 Å². The average Bonchev–Trinajstić information content (AvgIpc) is 2.15. The number of carbonyl (C=O) groups excluding carboxylic acids is 1. The Kier molecular flexibility index (Phi) is 4.25. The third-order valence-corrected chi connectivity index (χ3v) is 2.34. The Bertz CT molecular complexity index is 491. The lowest BCUT2D eigenvalue weighted by Gasteiger charge is -2.04. The highest BCUT2D eigenvalue weighted by molar-refractivity contribution is 9.09. The Hall–Kier alpha value is -1.15. The summed E-state index contributed by atoms with van der Waals surface area (Å²) >= 11 is 2.94. The molecule has 0 heterocycles. The van der Waals surface area contributed by atoms with E-state index in [1.165, 1.54) is 24.3 Å². The first kappa shape index (κ1) is 12.9. The summed E-state index contributed by atoms with van der Waals surface area (Å²) in [5, 5.41) is 2.53. The molecule has 1 aromatic rings. The van der Waals surface area contributed by atoms with Crippen molar-refractivity contribution in [2.45, 2.75) is 0 Å². The molecule has 16 heavy (non-hydrogen) atoms. The van der Waals surface area contributed by atoms with Gasteiger partial charge in [-0.25, -0.2) is 0 Å². The Labute approximate surface area is 100 Å². The summed E-state index contributed by atoms with van der Waals surface area (Å²) < 4.78 is 36.6. The molecule has 0 spiro atoms. The number of hydrogen-bond acceptors (Lipinski definition) is 4. The predicted octanol–water partition coefficient (Wildman–Crippen LogP) is 1.61. The highest BCUT2D eigenvalue weighted by Crippen LogP contribution is 2.19. The maximum absolute atomic E-state index is 12.2. The Morgan fingerprint density at radius 3 is 2.75 bits per heavy atom. The van der Waals surface area contributed by atoms with Gasteiger partial charge < -0.3 is 9.50 Å². The molecular formula is C8H7BrFNO4S. The number of amides is 1. The first-order chi connectivity index (χ1) is 7.40. The van der Waals surface area contributed by atoms with Crippen LogP contribution in [0, 0.1) is 0 Å². The molecular weight excluding hydrogens is 305 g/mol. The van der Waals surface area contributed by atoms with E-state index in [0.29, 0.717) is 5.69 Å². The van der Waals surface area contributed by atoms with Gasteiger partial charge in [0, 0.05) is 11.8 Å². The molecule has 0 atom stereocenters. The van der Waals surface area contributed by atoms with E-state index >= 15 is 0 Å². The van der Waals surface area contributed by atoms with Crippen LogP contribution in [0.15, 0.2) is 24.3 Å². The molecule has 0 aromatic heterocycles. The van der Waals surface area contributed by atoms with Crippen LogP contribution < -0.4 is 9.50 Å². The zero-order valence-electron chi connectivity index (χ0n) is 7.81. The highest BCUT2D eigenvalue weighted by atomic mass is 79.9. The van der Waals surface area contributed by atoms with Gasteiger partial charge in [-0.1, -0.05) is 25.9 Å². The summed E-state index contributed by atoms with van der Waals surface area (Å²) in [4.78, 5) is 11.0. The number of alkyl halides is 1. The van der Waals surface area contributed by atoms with Crippen LogP contribution in [0.3, 0.4) is 0 Å². The van der Waals surface area contributed by atoms with E-state index in [-0.39, 0.29) is 17.0 Å². The Morgan fingerprint density at radius 1 is 1.50 bits per heavy atom.